The van der Waals surface area contributed by atoms with E-state index in [1.165, 1.54) is 0 Å². The summed E-state index contributed by atoms with van der Waals surface area (Å²) in [5.41, 5.74) is 13.3. The maximum absolute atomic E-state index is 11.4. The van der Waals surface area contributed by atoms with Gasteiger partial charge in [-0.25, -0.2) is 0 Å². The average Bonchev–Trinajstić information content (AvgIpc) is 2.29. The van der Waals surface area contributed by atoms with Crippen molar-refractivity contribution in [3.63, 3.8) is 0 Å². The van der Waals surface area contributed by atoms with E-state index in [2.05, 4.69) is 0 Å². The van der Waals surface area contributed by atoms with Crippen LogP contribution in [0.5, 0.6) is 0 Å². The number of carbonyl (C=O) groups excluding carboxylic acids is 2. The van der Waals surface area contributed by atoms with Gasteiger partial charge in [0.25, 0.3) is 0 Å². The first-order chi connectivity index (χ1) is 8.51. The monoisotopic (exact) mass is 248 g/mol. The number of rotatable bonds is 6. The second-order valence-corrected chi connectivity index (χ2v) is 4.40. The van der Waals surface area contributed by atoms with Gasteiger partial charge in [-0.2, -0.15) is 0 Å². The number of aryl methyl sites for hydroxylation is 2. The highest BCUT2D eigenvalue weighted by Crippen LogP contribution is 2.20. The topological polar surface area (TPSA) is 86.2 Å². The van der Waals surface area contributed by atoms with Crippen molar-refractivity contribution in [2.24, 2.45) is 11.5 Å². The zero-order chi connectivity index (χ0) is 13.7. The van der Waals surface area contributed by atoms with Crippen LogP contribution in [-0.2, 0) is 12.8 Å². The van der Waals surface area contributed by atoms with Crippen molar-refractivity contribution in [2.75, 3.05) is 0 Å². The number of hydrogen-bond donors (Lipinski definition) is 2. The highest BCUT2D eigenvalue weighted by atomic mass is 16.1. The largest absolute Gasteiger partial charge is 0.366 e. The van der Waals surface area contributed by atoms with Gasteiger partial charge in [-0.1, -0.05) is 32.8 Å². The van der Waals surface area contributed by atoms with E-state index in [4.69, 9.17) is 11.5 Å². The summed E-state index contributed by atoms with van der Waals surface area (Å²) in [6.07, 6.45) is 3.38. The van der Waals surface area contributed by atoms with Crippen LogP contribution in [0.2, 0.25) is 0 Å². The van der Waals surface area contributed by atoms with Crippen molar-refractivity contribution in [2.45, 2.75) is 39.5 Å². The number of carbonyl (C=O) groups is 2. The summed E-state index contributed by atoms with van der Waals surface area (Å²) < 4.78 is 0. The quantitative estimate of drug-likeness (QED) is 0.804. The van der Waals surface area contributed by atoms with Gasteiger partial charge in [0.1, 0.15) is 0 Å². The van der Waals surface area contributed by atoms with Gasteiger partial charge in [-0.15, -0.1) is 0 Å². The number of nitrogens with two attached hydrogens (primary N) is 2. The van der Waals surface area contributed by atoms with Gasteiger partial charge in [-0.05, 0) is 30.0 Å². The second-order valence-electron chi connectivity index (χ2n) is 4.40. The van der Waals surface area contributed by atoms with Crippen LogP contribution in [0.25, 0.3) is 0 Å². The van der Waals surface area contributed by atoms with Gasteiger partial charge in [0.15, 0.2) is 0 Å². The molecular weight excluding hydrogens is 228 g/mol. The van der Waals surface area contributed by atoms with E-state index in [9.17, 15) is 9.59 Å². The molecule has 0 aliphatic rings. The Bertz CT molecular complexity index is 428. The molecule has 1 aromatic rings. The molecule has 18 heavy (non-hydrogen) atoms. The van der Waals surface area contributed by atoms with Crippen LogP contribution in [0.3, 0.4) is 0 Å². The predicted octanol–water partition coefficient (Wildman–Crippen LogP) is 1.79. The highest BCUT2D eigenvalue weighted by Gasteiger charge is 2.15. The summed E-state index contributed by atoms with van der Waals surface area (Å²) in [7, 11) is 0. The summed E-state index contributed by atoms with van der Waals surface area (Å²) in [5, 5.41) is 0. The molecular formula is C14H20N2O2. The molecule has 0 saturated heterocycles. The first kappa shape index (κ1) is 14.2. The Kier molecular flexibility index (Phi) is 4.89. The number of benzene rings is 1. The van der Waals surface area contributed by atoms with Crippen LogP contribution >= 0.6 is 0 Å². The lowest BCUT2D eigenvalue weighted by atomic mass is 9.93. The Morgan fingerprint density at radius 2 is 1.28 bits per heavy atom. The Hall–Kier alpha value is -1.84. The van der Waals surface area contributed by atoms with Crippen LogP contribution in [-0.4, -0.2) is 11.8 Å². The van der Waals surface area contributed by atoms with Crippen molar-refractivity contribution in [3.8, 4) is 0 Å². The van der Waals surface area contributed by atoms with Gasteiger partial charge in [0, 0.05) is 11.1 Å². The Labute approximate surface area is 107 Å². The molecule has 4 nitrogen and oxygen atoms in total. The normalized spacial score (nSPS) is 10.3. The average molecular weight is 248 g/mol. The van der Waals surface area contributed by atoms with E-state index in [0.717, 1.165) is 36.8 Å². The number of primary amides is 2. The Morgan fingerprint density at radius 1 is 0.889 bits per heavy atom. The summed E-state index contributed by atoms with van der Waals surface area (Å²) in [6.45, 7) is 4.07. The molecule has 0 aromatic heterocycles. The summed E-state index contributed by atoms with van der Waals surface area (Å²) in [6, 6.07) is 3.44. The molecule has 1 aromatic carbocycles. The fourth-order valence-corrected chi connectivity index (χ4v) is 2.11. The Balaban J connectivity index is 3.39. The molecule has 0 spiro atoms. The van der Waals surface area contributed by atoms with Crippen LogP contribution in [0.15, 0.2) is 12.1 Å². The zero-order valence-electron chi connectivity index (χ0n) is 11.0. The minimum absolute atomic E-state index is 0.408. The highest BCUT2D eigenvalue weighted by molar-refractivity contribution is 6.00. The lowest BCUT2D eigenvalue weighted by molar-refractivity contribution is 0.0998. The van der Waals surface area contributed by atoms with Crippen molar-refractivity contribution >= 4 is 11.8 Å². The minimum atomic E-state index is -0.510. The van der Waals surface area contributed by atoms with Gasteiger partial charge >= 0.3 is 0 Å². The second kappa shape index (κ2) is 6.19. The maximum Gasteiger partial charge on any atom is 0.249 e. The lowest BCUT2D eigenvalue weighted by Crippen LogP contribution is -2.19. The fourth-order valence-electron chi connectivity index (χ4n) is 2.11. The van der Waals surface area contributed by atoms with Crippen molar-refractivity contribution in [3.05, 3.63) is 34.4 Å². The third-order valence-electron chi connectivity index (χ3n) is 2.90. The molecule has 0 heterocycles. The molecule has 0 fully saturated rings. The van der Waals surface area contributed by atoms with Crippen molar-refractivity contribution in [1.82, 2.24) is 0 Å². The number of amides is 2. The molecule has 4 heteroatoms. The molecule has 0 aliphatic carbocycles. The van der Waals surface area contributed by atoms with Gasteiger partial charge in [0.05, 0.1) is 0 Å². The third-order valence-corrected chi connectivity index (χ3v) is 2.90. The molecule has 0 atom stereocenters. The molecule has 0 bridgehead atoms. The van der Waals surface area contributed by atoms with Crippen LogP contribution < -0.4 is 11.5 Å². The summed E-state index contributed by atoms with van der Waals surface area (Å²) in [4.78, 5) is 22.8. The molecule has 1 rings (SSSR count). The maximum atomic E-state index is 11.4. The molecule has 0 saturated carbocycles. The van der Waals surface area contributed by atoms with Gasteiger partial charge in [0.2, 0.25) is 11.8 Å². The Morgan fingerprint density at radius 3 is 1.56 bits per heavy atom. The van der Waals surface area contributed by atoms with E-state index in [1.54, 1.807) is 6.07 Å². The van der Waals surface area contributed by atoms with Gasteiger partial charge < -0.3 is 11.5 Å². The smallest absolute Gasteiger partial charge is 0.249 e. The van der Waals surface area contributed by atoms with E-state index in [1.807, 2.05) is 19.9 Å². The molecule has 0 unspecified atom stereocenters. The van der Waals surface area contributed by atoms with Gasteiger partial charge in [-0.3, -0.25) is 9.59 Å². The minimum Gasteiger partial charge on any atom is -0.366 e. The van der Waals surface area contributed by atoms with Crippen molar-refractivity contribution < 1.29 is 9.59 Å². The van der Waals surface area contributed by atoms with Crippen LogP contribution in [0.1, 0.15) is 58.5 Å². The van der Waals surface area contributed by atoms with Crippen LogP contribution in [0.4, 0.5) is 0 Å². The fraction of sp³-hybridized carbons (Fsp3) is 0.429. The standard InChI is InChI=1S/C14H20N2O2/c1-3-5-9-7-10(6-4-2)12(14(16)18)8-11(9)13(15)17/h7-8H,3-6H2,1-2H3,(H2,15,17)(H2,16,18). The lowest BCUT2D eigenvalue weighted by Gasteiger charge is -2.12. The third kappa shape index (κ3) is 3.09. The van der Waals surface area contributed by atoms with E-state index in [0.29, 0.717) is 11.1 Å². The zero-order valence-corrected chi connectivity index (χ0v) is 11.0. The number of hydrogen-bond acceptors (Lipinski definition) is 2. The van der Waals surface area contributed by atoms with E-state index >= 15 is 0 Å². The SMILES string of the molecule is CCCc1cc(CCC)c(C(N)=O)cc1C(N)=O. The molecule has 0 radical (unpaired) electrons. The summed E-state index contributed by atoms with van der Waals surface area (Å²) in [5.74, 6) is -1.02. The van der Waals surface area contributed by atoms with Crippen molar-refractivity contribution in [1.29, 1.82) is 0 Å². The van der Waals surface area contributed by atoms with E-state index < -0.39 is 11.8 Å². The molecule has 2 amide bonds. The van der Waals surface area contributed by atoms with E-state index in [-0.39, 0.29) is 0 Å². The van der Waals surface area contributed by atoms with Crippen LogP contribution in [0, 0.1) is 0 Å². The predicted molar refractivity (Wildman–Crippen MR) is 71.5 cm³/mol. The first-order valence-corrected chi connectivity index (χ1v) is 6.26. The molecule has 0 aliphatic heterocycles. The summed E-state index contributed by atoms with van der Waals surface area (Å²) >= 11 is 0. The first-order valence-electron chi connectivity index (χ1n) is 6.26. The molecule has 98 valence electrons. The molecule has 4 N–H and O–H groups in total.